The second kappa shape index (κ2) is 8.62. The number of hydrogen-bond donors (Lipinski definition) is 3. The maximum absolute atomic E-state index is 11.3. The average molecular weight is 284 g/mol. The van der Waals surface area contributed by atoms with E-state index in [9.17, 15) is 14.4 Å². The number of aliphatic carboxylic acids is 1. The predicted octanol–water partition coefficient (Wildman–Crippen LogP) is 0.0829. The third kappa shape index (κ3) is 7.09. The molecule has 0 unspecified atom stereocenters. The first-order valence-corrected chi connectivity index (χ1v) is 6.13. The van der Waals surface area contributed by atoms with Crippen molar-refractivity contribution in [2.24, 2.45) is 0 Å². The number of rotatable bonds is 8. The van der Waals surface area contributed by atoms with Crippen LogP contribution in [0.1, 0.15) is 31.6 Å². The van der Waals surface area contributed by atoms with Gasteiger partial charge in [-0.2, -0.15) is 4.98 Å². The summed E-state index contributed by atoms with van der Waals surface area (Å²) >= 11 is 0. The summed E-state index contributed by atoms with van der Waals surface area (Å²) in [6.45, 7) is 0.264. The molecule has 0 aliphatic carbocycles. The van der Waals surface area contributed by atoms with Gasteiger partial charge in [0.2, 0.25) is 11.8 Å². The van der Waals surface area contributed by atoms with E-state index in [-0.39, 0.29) is 19.4 Å². The lowest BCUT2D eigenvalue weighted by atomic mass is 10.2. The fraction of sp³-hybridized carbons (Fsp3) is 0.545. The Balaban J connectivity index is 2.05. The molecule has 0 bridgehead atoms. The van der Waals surface area contributed by atoms with E-state index in [1.807, 2.05) is 0 Å². The predicted molar refractivity (Wildman–Crippen MR) is 65.6 cm³/mol. The molecule has 110 valence electrons. The van der Waals surface area contributed by atoms with Crippen LogP contribution < -0.4 is 10.6 Å². The van der Waals surface area contributed by atoms with E-state index < -0.39 is 17.9 Å². The highest BCUT2D eigenvalue weighted by atomic mass is 16.5. The van der Waals surface area contributed by atoms with E-state index in [2.05, 4.69) is 20.8 Å². The fourth-order valence-electron chi connectivity index (χ4n) is 1.38. The van der Waals surface area contributed by atoms with Crippen LogP contribution in [0.3, 0.4) is 0 Å². The summed E-state index contributed by atoms with van der Waals surface area (Å²) in [5.74, 6) is -0.944. The number of urea groups is 1. The Kier molecular flexibility index (Phi) is 6.72. The summed E-state index contributed by atoms with van der Waals surface area (Å²) in [4.78, 5) is 36.7. The number of nitrogens with one attached hydrogen (secondary N) is 2. The van der Waals surface area contributed by atoms with Gasteiger partial charge in [0, 0.05) is 25.8 Å². The molecule has 20 heavy (non-hydrogen) atoms. The third-order valence-corrected chi connectivity index (χ3v) is 2.33. The van der Waals surface area contributed by atoms with Crippen molar-refractivity contribution in [2.45, 2.75) is 32.1 Å². The van der Waals surface area contributed by atoms with Crippen LogP contribution in [0.2, 0.25) is 0 Å². The number of imide groups is 1. The van der Waals surface area contributed by atoms with E-state index in [1.165, 1.54) is 6.33 Å². The Morgan fingerprint density at radius 1 is 1.25 bits per heavy atom. The fourth-order valence-corrected chi connectivity index (χ4v) is 1.38. The van der Waals surface area contributed by atoms with Gasteiger partial charge in [0.05, 0.1) is 0 Å². The highest BCUT2D eigenvalue weighted by Crippen LogP contribution is 1.99. The molecule has 0 fully saturated rings. The number of aromatic nitrogens is 2. The van der Waals surface area contributed by atoms with Crippen LogP contribution in [0.25, 0.3) is 0 Å². The molecule has 3 N–H and O–H groups in total. The van der Waals surface area contributed by atoms with Crippen molar-refractivity contribution in [2.75, 3.05) is 6.54 Å². The summed E-state index contributed by atoms with van der Waals surface area (Å²) in [5, 5.41) is 16.4. The lowest BCUT2D eigenvalue weighted by Gasteiger charge is -2.05. The van der Waals surface area contributed by atoms with Crippen molar-refractivity contribution < 1.29 is 24.0 Å². The summed E-state index contributed by atoms with van der Waals surface area (Å²) in [7, 11) is 0. The van der Waals surface area contributed by atoms with Crippen LogP contribution in [0.4, 0.5) is 4.79 Å². The lowest BCUT2D eigenvalue weighted by Crippen LogP contribution is -2.40. The standard InChI is InChI=1S/C11H16N4O5/c16-8(3-1-2-4-10(17)18)15-11(19)12-6-5-9-13-7-14-20-9/h7H,1-6H2,(H,17,18)(H2,12,15,16,19). The van der Waals surface area contributed by atoms with E-state index >= 15 is 0 Å². The third-order valence-electron chi connectivity index (χ3n) is 2.33. The maximum Gasteiger partial charge on any atom is 0.321 e. The Bertz CT molecular complexity index is 446. The van der Waals surface area contributed by atoms with E-state index in [4.69, 9.17) is 9.63 Å². The summed E-state index contributed by atoms with van der Waals surface area (Å²) in [6, 6.07) is -0.604. The molecule has 0 spiro atoms. The van der Waals surface area contributed by atoms with Crippen LogP contribution in [-0.4, -0.2) is 39.7 Å². The number of carbonyl (C=O) groups is 3. The minimum atomic E-state index is -0.899. The summed E-state index contributed by atoms with van der Waals surface area (Å²) in [5.41, 5.74) is 0. The van der Waals surface area contributed by atoms with Gasteiger partial charge in [0.25, 0.3) is 0 Å². The molecule has 0 aromatic carbocycles. The van der Waals surface area contributed by atoms with Gasteiger partial charge in [0.1, 0.15) is 0 Å². The molecule has 0 aliphatic rings. The van der Waals surface area contributed by atoms with Crippen LogP contribution in [0.5, 0.6) is 0 Å². The second-order valence-electron chi connectivity index (χ2n) is 3.99. The highest BCUT2D eigenvalue weighted by molar-refractivity contribution is 5.94. The topological polar surface area (TPSA) is 134 Å². The van der Waals surface area contributed by atoms with Crippen molar-refractivity contribution >= 4 is 17.9 Å². The molecule has 1 rings (SSSR count). The first-order chi connectivity index (χ1) is 9.58. The van der Waals surface area contributed by atoms with Gasteiger partial charge in [-0.25, -0.2) is 4.79 Å². The van der Waals surface area contributed by atoms with E-state index in [0.717, 1.165) is 0 Å². The van der Waals surface area contributed by atoms with Crippen molar-refractivity contribution in [1.82, 2.24) is 20.8 Å². The van der Waals surface area contributed by atoms with Gasteiger partial charge in [-0.1, -0.05) is 5.16 Å². The van der Waals surface area contributed by atoms with Gasteiger partial charge in [0.15, 0.2) is 6.33 Å². The van der Waals surface area contributed by atoms with Crippen molar-refractivity contribution in [3.8, 4) is 0 Å². The number of carboxylic acid groups (broad SMARTS) is 1. The molecule has 0 saturated heterocycles. The average Bonchev–Trinajstić information content (AvgIpc) is 2.87. The normalized spacial score (nSPS) is 10.0. The van der Waals surface area contributed by atoms with Crippen molar-refractivity contribution in [1.29, 1.82) is 0 Å². The number of carbonyl (C=O) groups excluding carboxylic acids is 2. The molecule has 0 radical (unpaired) electrons. The first kappa shape index (κ1) is 15.6. The Labute approximate surface area is 114 Å². The molecule has 9 heteroatoms. The molecule has 0 saturated carbocycles. The van der Waals surface area contributed by atoms with Crippen LogP contribution in [-0.2, 0) is 16.0 Å². The number of unbranched alkanes of at least 4 members (excludes halogenated alkanes) is 1. The summed E-state index contributed by atoms with van der Waals surface area (Å²) < 4.78 is 4.73. The zero-order valence-electron chi connectivity index (χ0n) is 10.8. The zero-order chi connectivity index (χ0) is 14.8. The molecule has 9 nitrogen and oxygen atoms in total. The van der Waals surface area contributed by atoms with Crippen LogP contribution >= 0.6 is 0 Å². The quantitative estimate of drug-likeness (QED) is 0.575. The molecule has 0 aliphatic heterocycles. The van der Waals surface area contributed by atoms with E-state index in [0.29, 0.717) is 25.2 Å². The van der Waals surface area contributed by atoms with Crippen LogP contribution in [0, 0.1) is 0 Å². The Morgan fingerprint density at radius 3 is 2.65 bits per heavy atom. The Hall–Kier alpha value is -2.45. The molecular weight excluding hydrogens is 268 g/mol. The first-order valence-electron chi connectivity index (χ1n) is 6.13. The number of amides is 3. The lowest BCUT2D eigenvalue weighted by molar-refractivity contribution is -0.137. The maximum atomic E-state index is 11.3. The number of carboxylic acids is 1. The number of hydrogen-bond acceptors (Lipinski definition) is 6. The monoisotopic (exact) mass is 284 g/mol. The smallest absolute Gasteiger partial charge is 0.321 e. The SMILES string of the molecule is O=C(O)CCCCC(=O)NC(=O)NCCc1ncno1. The van der Waals surface area contributed by atoms with Gasteiger partial charge in [-0.15, -0.1) is 0 Å². The van der Waals surface area contributed by atoms with Crippen molar-refractivity contribution in [3.05, 3.63) is 12.2 Å². The highest BCUT2D eigenvalue weighted by Gasteiger charge is 2.08. The van der Waals surface area contributed by atoms with Gasteiger partial charge < -0.3 is 14.9 Å². The molecule has 1 aromatic heterocycles. The minimum Gasteiger partial charge on any atom is -0.481 e. The molecule has 1 heterocycles. The number of nitrogens with zero attached hydrogens (tertiary/aromatic N) is 2. The van der Waals surface area contributed by atoms with Gasteiger partial charge in [-0.05, 0) is 12.8 Å². The van der Waals surface area contributed by atoms with Gasteiger partial charge >= 0.3 is 12.0 Å². The minimum absolute atomic E-state index is 0.0175. The molecule has 1 aromatic rings. The molecule has 3 amide bonds. The molecular formula is C11H16N4O5. The zero-order valence-corrected chi connectivity index (χ0v) is 10.8. The second-order valence-corrected chi connectivity index (χ2v) is 3.99. The Morgan fingerprint density at radius 2 is 2.00 bits per heavy atom. The molecule has 0 atom stereocenters. The van der Waals surface area contributed by atoms with Crippen molar-refractivity contribution in [3.63, 3.8) is 0 Å². The van der Waals surface area contributed by atoms with Crippen LogP contribution in [0.15, 0.2) is 10.9 Å². The van der Waals surface area contributed by atoms with Gasteiger partial charge in [-0.3, -0.25) is 14.9 Å². The van der Waals surface area contributed by atoms with E-state index in [1.54, 1.807) is 0 Å². The summed E-state index contributed by atoms with van der Waals surface area (Å²) in [6.07, 6.45) is 2.60. The largest absolute Gasteiger partial charge is 0.481 e.